The number of pyridine rings is 2. The molecule has 0 unspecified atom stereocenters. The molecule has 0 radical (unpaired) electrons. The van der Waals surface area contributed by atoms with Gasteiger partial charge in [-0.05, 0) is 37.1 Å². The van der Waals surface area contributed by atoms with Crippen LogP contribution in [0.25, 0.3) is 5.69 Å². The SMILES string of the molecule is CCO[C@H]1CCN(c2ccc(-n3ccc(OCc4ccccc4)cc3=O)cn2)C1. The van der Waals surface area contributed by atoms with E-state index in [1.54, 1.807) is 23.0 Å². The van der Waals surface area contributed by atoms with Gasteiger partial charge in [0.05, 0.1) is 18.0 Å². The van der Waals surface area contributed by atoms with E-state index in [1.807, 2.05) is 49.4 Å². The quantitative estimate of drug-likeness (QED) is 0.618. The number of anilines is 1. The molecule has 4 rings (SSSR count). The molecule has 3 heterocycles. The highest BCUT2D eigenvalue weighted by molar-refractivity contribution is 5.44. The van der Waals surface area contributed by atoms with Gasteiger partial charge in [-0.15, -0.1) is 0 Å². The van der Waals surface area contributed by atoms with Gasteiger partial charge in [0, 0.05) is 32.0 Å². The Bertz CT molecular complexity index is 986. The second-order valence-electron chi connectivity index (χ2n) is 7.03. The summed E-state index contributed by atoms with van der Waals surface area (Å²) in [5.41, 5.74) is 1.64. The summed E-state index contributed by atoms with van der Waals surface area (Å²) < 4.78 is 13.0. The third-order valence-corrected chi connectivity index (χ3v) is 5.02. The zero-order valence-corrected chi connectivity index (χ0v) is 16.5. The highest BCUT2D eigenvalue weighted by Gasteiger charge is 2.23. The van der Waals surface area contributed by atoms with Crippen LogP contribution in [0.2, 0.25) is 0 Å². The van der Waals surface area contributed by atoms with Crippen molar-refractivity contribution in [2.75, 3.05) is 24.6 Å². The van der Waals surface area contributed by atoms with E-state index in [4.69, 9.17) is 9.47 Å². The number of hydrogen-bond donors (Lipinski definition) is 0. The summed E-state index contributed by atoms with van der Waals surface area (Å²) in [6.07, 6.45) is 4.74. The van der Waals surface area contributed by atoms with Crippen molar-refractivity contribution in [3.05, 3.63) is 82.9 Å². The molecule has 2 aromatic heterocycles. The molecule has 0 amide bonds. The topological polar surface area (TPSA) is 56.6 Å². The number of aromatic nitrogens is 2. The third-order valence-electron chi connectivity index (χ3n) is 5.02. The van der Waals surface area contributed by atoms with Gasteiger partial charge in [-0.1, -0.05) is 30.3 Å². The van der Waals surface area contributed by atoms with Crippen molar-refractivity contribution in [3.8, 4) is 11.4 Å². The van der Waals surface area contributed by atoms with E-state index in [0.717, 1.165) is 43.2 Å². The van der Waals surface area contributed by atoms with Crippen molar-refractivity contribution in [1.29, 1.82) is 0 Å². The van der Waals surface area contributed by atoms with E-state index in [-0.39, 0.29) is 11.7 Å². The van der Waals surface area contributed by atoms with Crippen LogP contribution in [0.15, 0.2) is 71.8 Å². The molecule has 1 aliphatic rings. The van der Waals surface area contributed by atoms with Gasteiger partial charge in [-0.2, -0.15) is 0 Å². The molecule has 0 saturated carbocycles. The van der Waals surface area contributed by atoms with Gasteiger partial charge < -0.3 is 14.4 Å². The summed E-state index contributed by atoms with van der Waals surface area (Å²) in [5.74, 6) is 1.46. The van der Waals surface area contributed by atoms with Crippen LogP contribution >= 0.6 is 0 Å². The Morgan fingerprint density at radius 1 is 1.14 bits per heavy atom. The molecule has 150 valence electrons. The predicted molar refractivity (Wildman–Crippen MR) is 113 cm³/mol. The van der Waals surface area contributed by atoms with Crippen molar-refractivity contribution in [2.24, 2.45) is 0 Å². The lowest BCUT2D eigenvalue weighted by atomic mass is 10.2. The molecule has 0 spiro atoms. The molecule has 1 aromatic carbocycles. The fourth-order valence-corrected chi connectivity index (χ4v) is 3.52. The average molecular weight is 391 g/mol. The molecule has 1 saturated heterocycles. The predicted octanol–water partition coefficient (Wildman–Crippen LogP) is 3.43. The summed E-state index contributed by atoms with van der Waals surface area (Å²) in [6.45, 7) is 4.97. The van der Waals surface area contributed by atoms with Crippen molar-refractivity contribution in [3.63, 3.8) is 0 Å². The molecule has 3 aromatic rings. The molecule has 6 heteroatoms. The minimum Gasteiger partial charge on any atom is -0.489 e. The second-order valence-corrected chi connectivity index (χ2v) is 7.03. The largest absolute Gasteiger partial charge is 0.489 e. The van der Waals surface area contributed by atoms with Gasteiger partial charge in [0.1, 0.15) is 18.2 Å². The number of nitrogens with zero attached hydrogens (tertiary/aromatic N) is 3. The first-order valence-electron chi connectivity index (χ1n) is 9.95. The molecule has 1 fully saturated rings. The number of rotatable bonds is 7. The normalized spacial score (nSPS) is 16.2. The van der Waals surface area contributed by atoms with Crippen LogP contribution < -0.4 is 15.2 Å². The van der Waals surface area contributed by atoms with Gasteiger partial charge in [0.2, 0.25) is 0 Å². The minimum atomic E-state index is -0.150. The minimum absolute atomic E-state index is 0.150. The maximum absolute atomic E-state index is 12.5. The van der Waals surface area contributed by atoms with Crippen LogP contribution in [0, 0.1) is 0 Å². The standard InChI is InChI=1S/C23H25N3O3/c1-2-28-21-10-12-25(16-21)22-9-8-19(15-24-22)26-13-11-20(14-23(26)27)29-17-18-6-4-3-5-7-18/h3-9,11,13-15,21H,2,10,12,16-17H2,1H3/t21-/m0/s1. The number of benzene rings is 1. The van der Waals surface area contributed by atoms with Crippen molar-refractivity contribution < 1.29 is 9.47 Å². The van der Waals surface area contributed by atoms with Crippen LogP contribution in [0.3, 0.4) is 0 Å². The van der Waals surface area contributed by atoms with Crippen LogP contribution in [-0.4, -0.2) is 35.4 Å². The highest BCUT2D eigenvalue weighted by Crippen LogP contribution is 2.21. The van der Waals surface area contributed by atoms with E-state index in [1.165, 1.54) is 6.07 Å². The molecule has 0 aliphatic carbocycles. The van der Waals surface area contributed by atoms with Gasteiger partial charge in [0.15, 0.2) is 0 Å². The zero-order chi connectivity index (χ0) is 20.1. The maximum Gasteiger partial charge on any atom is 0.258 e. The lowest BCUT2D eigenvalue weighted by molar-refractivity contribution is 0.0787. The molecule has 1 atom stereocenters. The lowest BCUT2D eigenvalue weighted by Gasteiger charge is -2.18. The van der Waals surface area contributed by atoms with Gasteiger partial charge >= 0.3 is 0 Å². The van der Waals surface area contributed by atoms with Gasteiger partial charge in [-0.3, -0.25) is 9.36 Å². The molecule has 0 bridgehead atoms. The van der Waals surface area contributed by atoms with Crippen molar-refractivity contribution in [2.45, 2.75) is 26.1 Å². The summed E-state index contributed by atoms with van der Waals surface area (Å²) >= 11 is 0. The van der Waals surface area contributed by atoms with E-state index in [2.05, 4.69) is 9.88 Å². The van der Waals surface area contributed by atoms with Crippen molar-refractivity contribution >= 4 is 5.82 Å². The Hall–Kier alpha value is -3.12. The molecular formula is C23H25N3O3. The lowest BCUT2D eigenvalue weighted by Crippen LogP contribution is -2.24. The average Bonchev–Trinajstić information content (AvgIpc) is 3.22. The fraction of sp³-hybridized carbons (Fsp3) is 0.304. The van der Waals surface area contributed by atoms with E-state index in [9.17, 15) is 4.79 Å². The molecule has 6 nitrogen and oxygen atoms in total. The number of hydrogen-bond acceptors (Lipinski definition) is 5. The highest BCUT2D eigenvalue weighted by atomic mass is 16.5. The summed E-state index contributed by atoms with van der Waals surface area (Å²) in [6, 6.07) is 17.0. The first-order valence-corrected chi connectivity index (χ1v) is 9.95. The Morgan fingerprint density at radius 3 is 2.72 bits per heavy atom. The monoisotopic (exact) mass is 391 g/mol. The maximum atomic E-state index is 12.5. The summed E-state index contributed by atoms with van der Waals surface area (Å²) in [5, 5.41) is 0. The van der Waals surface area contributed by atoms with Gasteiger partial charge in [-0.25, -0.2) is 4.98 Å². The van der Waals surface area contributed by atoms with Gasteiger partial charge in [0.25, 0.3) is 5.56 Å². The summed E-state index contributed by atoms with van der Waals surface area (Å²) in [7, 11) is 0. The third kappa shape index (κ3) is 4.66. The smallest absolute Gasteiger partial charge is 0.258 e. The second kappa shape index (κ2) is 8.92. The van der Waals surface area contributed by atoms with Crippen LogP contribution in [0.1, 0.15) is 18.9 Å². The Balaban J connectivity index is 1.42. The Morgan fingerprint density at radius 2 is 2.00 bits per heavy atom. The molecule has 1 aliphatic heterocycles. The van der Waals surface area contributed by atoms with Crippen LogP contribution in [0.4, 0.5) is 5.82 Å². The Labute approximate surface area is 170 Å². The first kappa shape index (κ1) is 19.2. The first-order chi connectivity index (χ1) is 14.2. The molecular weight excluding hydrogens is 366 g/mol. The summed E-state index contributed by atoms with van der Waals surface area (Å²) in [4.78, 5) is 19.3. The van der Waals surface area contributed by atoms with Crippen LogP contribution in [-0.2, 0) is 11.3 Å². The van der Waals surface area contributed by atoms with Crippen molar-refractivity contribution in [1.82, 2.24) is 9.55 Å². The van der Waals surface area contributed by atoms with Crippen LogP contribution in [0.5, 0.6) is 5.75 Å². The number of ether oxygens (including phenoxy) is 2. The van der Waals surface area contributed by atoms with E-state index < -0.39 is 0 Å². The Kier molecular flexibility index (Phi) is 5.91. The molecule has 29 heavy (non-hydrogen) atoms. The fourth-order valence-electron chi connectivity index (χ4n) is 3.52. The van der Waals surface area contributed by atoms with E-state index >= 15 is 0 Å². The molecule has 0 N–H and O–H groups in total. The zero-order valence-electron chi connectivity index (χ0n) is 16.5. The van der Waals surface area contributed by atoms with E-state index in [0.29, 0.717) is 12.4 Å².